The summed E-state index contributed by atoms with van der Waals surface area (Å²) >= 11 is 0. The predicted octanol–water partition coefficient (Wildman–Crippen LogP) is 1.72. The highest BCUT2D eigenvalue weighted by molar-refractivity contribution is 5.83. The van der Waals surface area contributed by atoms with Gasteiger partial charge in [0.2, 0.25) is 5.91 Å². The summed E-state index contributed by atoms with van der Waals surface area (Å²) < 4.78 is 12.8. The molecular formula is C19H22N6O3. The summed E-state index contributed by atoms with van der Waals surface area (Å²) in [6.45, 7) is 6.06. The Bertz CT molecular complexity index is 1000. The number of fused-ring (bicyclic) bond motifs is 1. The lowest BCUT2D eigenvalue weighted by Crippen LogP contribution is -2.48. The van der Waals surface area contributed by atoms with E-state index in [0.29, 0.717) is 57.7 Å². The minimum atomic E-state index is 0.190. The van der Waals surface area contributed by atoms with Gasteiger partial charge in [0.05, 0.1) is 31.0 Å². The number of carbonyl (C=O) groups excluding carboxylic acids is 1. The van der Waals surface area contributed by atoms with Gasteiger partial charge < -0.3 is 19.1 Å². The third kappa shape index (κ3) is 2.91. The highest BCUT2D eigenvalue weighted by Crippen LogP contribution is 2.28. The van der Waals surface area contributed by atoms with Crippen LogP contribution in [0.2, 0.25) is 0 Å². The molecule has 2 saturated heterocycles. The van der Waals surface area contributed by atoms with E-state index in [0.717, 1.165) is 16.5 Å². The van der Waals surface area contributed by atoms with Gasteiger partial charge in [-0.3, -0.25) is 9.48 Å². The van der Waals surface area contributed by atoms with Crippen molar-refractivity contribution in [3.05, 3.63) is 24.4 Å². The van der Waals surface area contributed by atoms with Gasteiger partial charge in [0.1, 0.15) is 0 Å². The molecule has 1 aromatic carbocycles. The van der Waals surface area contributed by atoms with Crippen molar-refractivity contribution in [1.82, 2.24) is 24.8 Å². The Morgan fingerprint density at radius 1 is 1.21 bits per heavy atom. The Labute approximate surface area is 161 Å². The van der Waals surface area contributed by atoms with E-state index >= 15 is 0 Å². The average Bonchev–Trinajstić information content (AvgIpc) is 3.34. The van der Waals surface area contributed by atoms with E-state index < -0.39 is 0 Å². The van der Waals surface area contributed by atoms with Crippen molar-refractivity contribution in [3.8, 4) is 11.5 Å². The number of amides is 1. The van der Waals surface area contributed by atoms with Crippen LogP contribution in [0.3, 0.4) is 0 Å². The number of hydrogen-bond acceptors (Lipinski definition) is 7. The molecule has 9 heteroatoms. The van der Waals surface area contributed by atoms with E-state index in [9.17, 15) is 4.79 Å². The van der Waals surface area contributed by atoms with Gasteiger partial charge in [-0.15, -0.1) is 0 Å². The molecule has 0 spiro atoms. The molecule has 2 aliphatic heterocycles. The summed E-state index contributed by atoms with van der Waals surface area (Å²) in [5.41, 5.74) is 1.91. The number of rotatable bonds is 4. The second-order valence-corrected chi connectivity index (χ2v) is 7.17. The van der Waals surface area contributed by atoms with Crippen molar-refractivity contribution in [2.45, 2.75) is 19.4 Å². The summed E-state index contributed by atoms with van der Waals surface area (Å²) in [5, 5.41) is 9.72. The van der Waals surface area contributed by atoms with Crippen molar-refractivity contribution in [1.29, 1.82) is 0 Å². The van der Waals surface area contributed by atoms with Crippen LogP contribution >= 0.6 is 0 Å². The molecule has 0 aliphatic carbocycles. The number of aromatic nitrogens is 4. The number of anilines is 1. The zero-order valence-electron chi connectivity index (χ0n) is 15.7. The Balaban J connectivity index is 1.35. The molecule has 2 aromatic heterocycles. The number of piperazine rings is 1. The van der Waals surface area contributed by atoms with Crippen molar-refractivity contribution >= 4 is 22.8 Å². The summed E-state index contributed by atoms with van der Waals surface area (Å²) in [4.78, 5) is 20.4. The molecule has 0 atom stereocenters. The molecule has 2 aliphatic rings. The van der Waals surface area contributed by atoms with Gasteiger partial charge in [0.15, 0.2) is 0 Å². The second kappa shape index (κ2) is 6.90. The molecule has 28 heavy (non-hydrogen) atoms. The van der Waals surface area contributed by atoms with Crippen molar-refractivity contribution < 1.29 is 14.1 Å². The summed E-state index contributed by atoms with van der Waals surface area (Å²) in [6, 6.07) is 6.32. The lowest BCUT2D eigenvalue weighted by Gasteiger charge is -2.33. The van der Waals surface area contributed by atoms with E-state index in [-0.39, 0.29) is 11.9 Å². The van der Waals surface area contributed by atoms with Crippen LogP contribution in [-0.2, 0) is 9.53 Å². The molecule has 0 bridgehead atoms. The summed E-state index contributed by atoms with van der Waals surface area (Å²) in [7, 11) is 0. The lowest BCUT2D eigenvalue weighted by molar-refractivity contribution is -0.131. The van der Waals surface area contributed by atoms with E-state index in [2.05, 4.69) is 20.1 Å². The molecule has 5 rings (SSSR count). The van der Waals surface area contributed by atoms with E-state index in [1.807, 2.05) is 40.9 Å². The van der Waals surface area contributed by atoms with Crippen LogP contribution in [-0.4, -0.2) is 70.1 Å². The van der Waals surface area contributed by atoms with E-state index in [1.54, 1.807) is 0 Å². The van der Waals surface area contributed by atoms with Gasteiger partial charge in [-0.05, 0) is 17.3 Å². The summed E-state index contributed by atoms with van der Waals surface area (Å²) in [5.74, 6) is 1.25. The van der Waals surface area contributed by atoms with Crippen LogP contribution in [0.1, 0.15) is 19.4 Å². The van der Waals surface area contributed by atoms with Crippen LogP contribution in [0, 0.1) is 0 Å². The topological polar surface area (TPSA) is 89.5 Å². The van der Waals surface area contributed by atoms with Crippen molar-refractivity contribution in [3.63, 3.8) is 0 Å². The van der Waals surface area contributed by atoms with E-state index in [4.69, 9.17) is 9.26 Å². The van der Waals surface area contributed by atoms with Crippen molar-refractivity contribution in [2.75, 3.05) is 44.3 Å². The number of nitrogens with zero attached hydrogens (tertiary/aromatic N) is 6. The molecule has 1 amide bonds. The zero-order chi connectivity index (χ0) is 19.1. The molecule has 0 unspecified atom stereocenters. The maximum absolute atomic E-state index is 11.8. The first-order chi connectivity index (χ1) is 13.7. The normalized spacial score (nSPS) is 17.9. The first-order valence-corrected chi connectivity index (χ1v) is 9.64. The fourth-order valence-corrected chi connectivity index (χ4v) is 3.67. The molecule has 3 aromatic rings. The largest absolute Gasteiger partial charge is 0.377 e. The van der Waals surface area contributed by atoms with Gasteiger partial charge in [0, 0.05) is 43.5 Å². The first-order valence-electron chi connectivity index (χ1n) is 9.64. The van der Waals surface area contributed by atoms with Crippen LogP contribution < -0.4 is 4.90 Å². The monoisotopic (exact) mass is 382 g/mol. The van der Waals surface area contributed by atoms with E-state index in [1.165, 1.54) is 0 Å². The number of hydrogen-bond donors (Lipinski definition) is 0. The molecule has 2 fully saturated rings. The van der Waals surface area contributed by atoms with Gasteiger partial charge in [0.25, 0.3) is 11.8 Å². The molecule has 146 valence electrons. The molecule has 0 radical (unpaired) electrons. The Kier molecular flexibility index (Phi) is 4.23. The first kappa shape index (κ1) is 17.2. The van der Waals surface area contributed by atoms with Crippen LogP contribution in [0.25, 0.3) is 22.4 Å². The minimum absolute atomic E-state index is 0.190. The highest BCUT2D eigenvalue weighted by atomic mass is 16.5. The third-order valence-corrected chi connectivity index (χ3v) is 5.44. The quantitative estimate of drug-likeness (QED) is 0.679. The number of carbonyl (C=O) groups is 1. The van der Waals surface area contributed by atoms with Gasteiger partial charge >= 0.3 is 0 Å². The fourth-order valence-electron chi connectivity index (χ4n) is 3.67. The smallest absolute Gasteiger partial charge is 0.266 e. The van der Waals surface area contributed by atoms with Crippen molar-refractivity contribution in [2.24, 2.45) is 0 Å². The molecule has 4 heterocycles. The van der Waals surface area contributed by atoms with Crippen LogP contribution in [0.5, 0.6) is 0 Å². The van der Waals surface area contributed by atoms with Gasteiger partial charge in [-0.1, -0.05) is 13.0 Å². The highest BCUT2D eigenvalue weighted by Gasteiger charge is 2.25. The predicted molar refractivity (Wildman–Crippen MR) is 102 cm³/mol. The Hall–Kier alpha value is -2.94. The SMILES string of the molecule is CCC(=O)N1CCN(c2noc(-c3ccc4cnn(C5COC5)c4c3)n2)CC1. The summed E-state index contributed by atoms with van der Waals surface area (Å²) in [6.07, 6.45) is 2.41. The zero-order valence-corrected chi connectivity index (χ0v) is 15.7. The minimum Gasteiger partial charge on any atom is -0.377 e. The molecular weight excluding hydrogens is 360 g/mol. The lowest BCUT2D eigenvalue weighted by atomic mass is 10.1. The van der Waals surface area contributed by atoms with Crippen LogP contribution in [0.4, 0.5) is 5.95 Å². The van der Waals surface area contributed by atoms with Gasteiger partial charge in [-0.2, -0.15) is 10.1 Å². The number of ether oxygens (including phenoxy) is 1. The van der Waals surface area contributed by atoms with Crippen LogP contribution in [0.15, 0.2) is 28.9 Å². The maximum atomic E-state index is 11.8. The fraction of sp³-hybridized carbons (Fsp3) is 0.474. The third-order valence-electron chi connectivity index (χ3n) is 5.44. The molecule has 0 saturated carbocycles. The Morgan fingerprint density at radius 2 is 2.04 bits per heavy atom. The average molecular weight is 382 g/mol. The second-order valence-electron chi connectivity index (χ2n) is 7.17. The molecule has 9 nitrogen and oxygen atoms in total. The standard InChI is InChI=1S/C19H22N6O3/c1-2-17(26)23-5-7-24(8-6-23)19-21-18(28-22-19)13-3-4-14-10-20-25(16(14)9-13)15-11-27-12-15/h3-4,9-10,15H,2,5-8,11-12H2,1H3. The number of benzene rings is 1. The molecule has 0 N–H and O–H groups in total. The maximum Gasteiger partial charge on any atom is 0.266 e. The Morgan fingerprint density at radius 3 is 2.75 bits per heavy atom. The van der Waals surface area contributed by atoms with Gasteiger partial charge in [-0.25, -0.2) is 0 Å².